The molecule has 7 heteroatoms. The zero-order valence-electron chi connectivity index (χ0n) is 18.9. The molecule has 1 aliphatic carbocycles. The highest BCUT2D eigenvalue weighted by Gasteiger charge is 2.43. The first-order valence-corrected chi connectivity index (χ1v) is 11.3. The number of rotatable bonds is 5. The summed E-state index contributed by atoms with van der Waals surface area (Å²) in [6.45, 7) is 5.20. The molecule has 2 saturated heterocycles. The number of aryl methyl sites for hydroxylation is 1. The van der Waals surface area contributed by atoms with Crippen LogP contribution in [-0.2, 0) is 16.1 Å². The van der Waals surface area contributed by atoms with Crippen LogP contribution in [0, 0.1) is 30.5 Å². The van der Waals surface area contributed by atoms with E-state index in [1.165, 1.54) is 13.2 Å². The predicted molar refractivity (Wildman–Crippen MR) is 116 cm³/mol. The maximum Gasteiger partial charge on any atom is 0.240 e. The molecule has 0 radical (unpaired) electrons. The molecule has 4 rings (SSSR count). The minimum atomic E-state index is -1.13. The van der Waals surface area contributed by atoms with E-state index >= 15 is 4.39 Å². The van der Waals surface area contributed by atoms with Crippen molar-refractivity contribution < 1.29 is 22.7 Å². The molecule has 2 heterocycles. The standard InChI is InChI=1S/C25H31F3N2O2/c1-15-4-5-17(12-20(15)26)13-30-11-9-22(25(30)31)29-10-8-19(21(27)14-29)18-6-7-23(32-3)24(28)16(18)2/h4-7,12,16,18-19,21-22H,8-11,13-14H2,1-3H3/t16?,18?,19-,21+,22?/m0/s1. The average Bonchev–Trinajstić information content (AvgIpc) is 3.13. The molecular formula is C25H31F3N2O2. The third kappa shape index (κ3) is 4.32. The molecule has 3 aliphatic rings. The van der Waals surface area contributed by atoms with Crippen molar-refractivity contribution in [3.8, 4) is 0 Å². The zero-order valence-corrected chi connectivity index (χ0v) is 18.9. The summed E-state index contributed by atoms with van der Waals surface area (Å²) in [5, 5.41) is 0. The van der Waals surface area contributed by atoms with Gasteiger partial charge in [0.2, 0.25) is 5.91 Å². The van der Waals surface area contributed by atoms with Crippen LogP contribution in [0.5, 0.6) is 0 Å². The second-order valence-electron chi connectivity index (χ2n) is 9.25. The van der Waals surface area contributed by atoms with Gasteiger partial charge < -0.3 is 9.64 Å². The van der Waals surface area contributed by atoms with Crippen molar-refractivity contribution in [2.75, 3.05) is 26.7 Å². The number of likely N-dealkylation sites (tertiary alicyclic amines) is 2. The van der Waals surface area contributed by atoms with Gasteiger partial charge in [-0.2, -0.15) is 0 Å². The molecule has 0 aromatic heterocycles. The van der Waals surface area contributed by atoms with Crippen LogP contribution in [-0.4, -0.2) is 54.7 Å². The van der Waals surface area contributed by atoms with Gasteiger partial charge in [-0.25, -0.2) is 13.2 Å². The van der Waals surface area contributed by atoms with E-state index in [-0.39, 0.29) is 47.7 Å². The smallest absolute Gasteiger partial charge is 0.240 e. The molecular weight excluding hydrogens is 417 g/mol. The number of alkyl halides is 1. The summed E-state index contributed by atoms with van der Waals surface area (Å²) in [5.41, 5.74) is 1.33. The fraction of sp³-hybridized carbons (Fsp3) is 0.560. The van der Waals surface area contributed by atoms with Crippen LogP contribution < -0.4 is 0 Å². The van der Waals surface area contributed by atoms with Crippen LogP contribution in [0.15, 0.2) is 41.9 Å². The van der Waals surface area contributed by atoms with E-state index in [0.29, 0.717) is 38.0 Å². The second-order valence-corrected chi connectivity index (χ2v) is 9.25. The number of allylic oxidation sites excluding steroid dienone is 3. The Morgan fingerprint density at radius 3 is 2.66 bits per heavy atom. The first kappa shape index (κ1) is 22.9. The number of piperidine rings is 1. The Balaban J connectivity index is 1.36. The maximum absolute atomic E-state index is 15.3. The van der Waals surface area contributed by atoms with Crippen LogP contribution in [0.1, 0.15) is 30.9 Å². The first-order valence-electron chi connectivity index (χ1n) is 11.3. The Hall–Kier alpha value is -2.28. The molecule has 0 saturated carbocycles. The normalized spacial score (nSPS) is 31.5. The monoisotopic (exact) mass is 448 g/mol. The number of hydrogen-bond acceptors (Lipinski definition) is 3. The largest absolute Gasteiger partial charge is 0.494 e. The fourth-order valence-electron chi connectivity index (χ4n) is 5.35. The summed E-state index contributed by atoms with van der Waals surface area (Å²) in [7, 11) is 1.43. The highest BCUT2D eigenvalue weighted by molar-refractivity contribution is 5.84. The van der Waals surface area contributed by atoms with E-state index in [0.717, 1.165) is 5.56 Å². The van der Waals surface area contributed by atoms with Gasteiger partial charge in [-0.1, -0.05) is 25.1 Å². The van der Waals surface area contributed by atoms with E-state index in [4.69, 9.17) is 4.74 Å². The number of methoxy groups -OCH3 is 1. The third-order valence-electron chi connectivity index (χ3n) is 7.34. The number of amides is 1. The van der Waals surface area contributed by atoms with Gasteiger partial charge in [0.1, 0.15) is 23.6 Å². The van der Waals surface area contributed by atoms with Gasteiger partial charge in [0, 0.05) is 25.6 Å². The minimum absolute atomic E-state index is 0.0266. The lowest BCUT2D eigenvalue weighted by molar-refractivity contribution is -0.133. The topological polar surface area (TPSA) is 32.8 Å². The maximum atomic E-state index is 15.3. The van der Waals surface area contributed by atoms with Gasteiger partial charge in [-0.3, -0.25) is 9.69 Å². The number of carbonyl (C=O) groups is 1. The van der Waals surface area contributed by atoms with Crippen molar-refractivity contribution in [2.45, 2.75) is 45.4 Å². The predicted octanol–water partition coefficient (Wildman–Crippen LogP) is 4.54. The Kier molecular flexibility index (Phi) is 6.65. The lowest BCUT2D eigenvalue weighted by Gasteiger charge is -2.41. The van der Waals surface area contributed by atoms with Crippen molar-refractivity contribution in [3.05, 3.63) is 58.9 Å². The number of hydrogen-bond donors (Lipinski definition) is 0. The van der Waals surface area contributed by atoms with Gasteiger partial charge in [-0.05, 0) is 61.4 Å². The summed E-state index contributed by atoms with van der Waals surface area (Å²) >= 11 is 0. The Bertz CT molecular complexity index is 932. The highest BCUT2D eigenvalue weighted by atomic mass is 19.1. The molecule has 2 fully saturated rings. The molecule has 2 aliphatic heterocycles. The molecule has 1 aromatic carbocycles. The molecule has 0 bridgehead atoms. The first-order chi connectivity index (χ1) is 15.3. The summed E-state index contributed by atoms with van der Waals surface area (Å²) in [4.78, 5) is 16.7. The number of ether oxygens (including phenoxy) is 1. The lowest BCUT2D eigenvalue weighted by atomic mass is 9.74. The van der Waals surface area contributed by atoms with Crippen molar-refractivity contribution in [3.63, 3.8) is 0 Å². The molecule has 5 atom stereocenters. The molecule has 4 nitrogen and oxygen atoms in total. The highest BCUT2D eigenvalue weighted by Crippen LogP contribution is 2.41. The van der Waals surface area contributed by atoms with E-state index in [1.807, 2.05) is 17.0 Å². The molecule has 174 valence electrons. The fourth-order valence-corrected chi connectivity index (χ4v) is 5.35. The lowest BCUT2D eigenvalue weighted by Crippen LogP contribution is -2.51. The van der Waals surface area contributed by atoms with Gasteiger partial charge in [0.15, 0.2) is 0 Å². The summed E-state index contributed by atoms with van der Waals surface area (Å²) in [6, 6.07) is 4.68. The van der Waals surface area contributed by atoms with Crippen molar-refractivity contribution in [1.29, 1.82) is 0 Å². The van der Waals surface area contributed by atoms with Crippen molar-refractivity contribution in [2.24, 2.45) is 17.8 Å². The number of halogens is 3. The number of benzene rings is 1. The van der Waals surface area contributed by atoms with Gasteiger partial charge in [0.25, 0.3) is 0 Å². The Morgan fingerprint density at radius 2 is 1.97 bits per heavy atom. The van der Waals surface area contributed by atoms with Crippen LogP contribution in [0.3, 0.4) is 0 Å². The Morgan fingerprint density at radius 1 is 1.19 bits per heavy atom. The summed E-state index contributed by atoms with van der Waals surface area (Å²) in [6.07, 6.45) is 3.54. The minimum Gasteiger partial charge on any atom is -0.494 e. The van der Waals surface area contributed by atoms with Gasteiger partial charge in [-0.15, -0.1) is 0 Å². The average molecular weight is 449 g/mol. The van der Waals surface area contributed by atoms with E-state index < -0.39 is 12.1 Å². The summed E-state index contributed by atoms with van der Waals surface area (Å²) in [5.74, 6) is -1.36. The second kappa shape index (κ2) is 9.30. The molecule has 0 N–H and O–H groups in total. The van der Waals surface area contributed by atoms with Crippen LogP contribution in [0.4, 0.5) is 13.2 Å². The van der Waals surface area contributed by atoms with Crippen LogP contribution >= 0.6 is 0 Å². The molecule has 1 aromatic rings. The van der Waals surface area contributed by atoms with Crippen molar-refractivity contribution >= 4 is 5.91 Å². The molecule has 3 unspecified atom stereocenters. The molecule has 0 spiro atoms. The third-order valence-corrected chi connectivity index (χ3v) is 7.34. The SMILES string of the molecule is COC1=C(F)C(C)C([C@@H]2CCN(C3CCN(Cc4ccc(C)c(F)c4)C3=O)C[C@H]2F)C=C1. The zero-order chi connectivity index (χ0) is 23.0. The van der Waals surface area contributed by atoms with Crippen LogP contribution in [0.25, 0.3) is 0 Å². The summed E-state index contributed by atoms with van der Waals surface area (Å²) < 4.78 is 48.7. The molecule has 1 amide bonds. The quantitative estimate of drug-likeness (QED) is 0.663. The van der Waals surface area contributed by atoms with Gasteiger partial charge in [0.05, 0.1) is 13.2 Å². The van der Waals surface area contributed by atoms with Gasteiger partial charge >= 0.3 is 0 Å². The van der Waals surface area contributed by atoms with Crippen LogP contribution in [0.2, 0.25) is 0 Å². The van der Waals surface area contributed by atoms with E-state index in [1.54, 1.807) is 30.9 Å². The number of nitrogens with zero attached hydrogens (tertiary/aromatic N) is 2. The van der Waals surface area contributed by atoms with E-state index in [2.05, 4.69) is 0 Å². The molecule has 32 heavy (non-hydrogen) atoms. The van der Waals surface area contributed by atoms with E-state index in [9.17, 15) is 13.6 Å². The Labute approximate surface area is 187 Å². The number of carbonyl (C=O) groups excluding carboxylic acids is 1. The van der Waals surface area contributed by atoms with Crippen molar-refractivity contribution in [1.82, 2.24) is 9.80 Å².